The second kappa shape index (κ2) is 9.48. The molecular weight excluding hydrogens is 418 g/mol. The average Bonchev–Trinajstić information content (AvgIpc) is 3.61. The van der Waals surface area contributed by atoms with Crippen LogP contribution in [0, 0.1) is 10.8 Å². The van der Waals surface area contributed by atoms with Crippen LogP contribution >= 0.6 is 0 Å². The molecule has 1 fully saturated rings. The summed E-state index contributed by atoms with van der Waals surface area (Å²) in [5.74, 6) is -0.167. The molecule has 1 aliphatic carbocycles. The molecule has 33 heavy (non-hydrogen) atoms. The number of aliphatic hydroxyl groups is 2. The van der Waals surface area contributed by atoms with Crippen molar-refractivity contribution < 1.29 is 10.2 Å². The molecule has 0 amide bonds. The summed E-state index contributed by atoms with van der Waals surface area (Å²) in [7, 11) is 1.87. The van der Waals surface area contributed by atoms with Gasteiger partial charge in [0.05, 0.1) is 30.4 Å². The fraction of sp³-hybridized carbons (Fsp3) is 0.280. The monoisotopic (exact) mass is 445 g/mol. The minimum absolute atomic E-state index is 0.0573. The summed E-state index contributed by atoms with van der Waals surface area (Å²) in [5.41, 5.74) is 3.00. The van der Waals surface area contributed by atoms with E-state index < -0.39 is 0 Å². The Balaban J connectivity index is 1.56. The number of aromatic nitrogens is 3. The van der Waals surface area contributed by atoms with Gasteiger partial charge in [0, 0.05) is 42.4 Å². The fourth-order valence-corrected chi connectivity index (χ4v) is 3.64. The first-order valence-electron chi connectivity index (χ1n) is 10.8. The summed E-state index contributed by atoms with van der Waals surface area (Å²) < 4.78 is 1.59. The van der Waals surface area contributed by atoms with Crippen LogP contribution in [0.2, 0.25) is 0 Å². The lowest BCUT2D eigenvalue weighted by Crippen LogP contribution is -2.25. The zero-order chi connectivity index (χ0) is 23.4. The van der Waals surface area contributed by atoms with Crippen LogP contribution in [0.5, 0.6) is 0 Å². The van der Waals surface area contributed by atoms with Crippen molar-refractivity contribution in [3.05, 3.63) is 88.2 Å². The highest BCUT2D eigenvalue weighted by molar-refractivity contribution is 6.09. The van der Waals surface area contributed by atoms with Crippen molar-refractivity contribution in [3.63, 3.8) is 0 Å². The molecule has 8 heteroatoms. The normalized spacial score (nSPS) is 14.8. The minimum Gasteiger partial charge on any atom is -0.506 e. The van der Waals surface area contributed by atoms with Gasteiger partial charge in [0.15, 0.2) is 0 Å². The van der Waals surface area contributed by atoms with Crippen molar-refractivity contribution in [1.82, 2.24) is 19.9 Å². The minimum atomic E-state index is -0.206. The Kier molecular flexibility index (Phi) is 6.48. The summed E-state index contributed by atoms with van der Waals surface area (Å²) in [6, 6.07) is 10.7. The molecule has 0 unspecified atom stereocenters. The van der Waals surface area contributed by atoms with Crippen LogP contribution in [0.25, 0.3) is 17.0 Å². The van der Waals surface area contributed by atoms with Gasteiger partial charge in [-0.05, 0) is 37.1 Å². The van der Waals surface area contributed by atoms with E-state index in [0.29, 0.717) is 23.4 Å². The molecule has 1 saturated carbocycles. The molecule has 0 spiro atoms. The van der Waals surface area contributed by atoms with E-state index in [9.17, 15) is 15.0 Å². The van der Waals surface area contributed by atoms with Crippen molar-refractivity contribution >= 4 is 11.5 Å². The van der Waals surface area contributed by atoms with Gasteiger partial charge in [-0.1, -0.05) is 24.3 Å². The number of hydrogen-bond acceptors (Lipinski definition) is 7. The second-order valence-corrected chi connectivity index (χ2v) is 8.50. The largest absolute Gasteiger partial charge is 0.506 e. The number of aliphatic hydroxyl groups excluding tert-OH is 2. The van der Waals surface area contributed by atoms with Gasteiger partial charge in [-0.3, -0.25) is 9.78 Å². The van der Waals surface area contributed by atoms with Crippen LogP contribution in [-0.2, 0) is 13.1 Å². The van der Waals surface area contributed by atoms with Crippen molar-refractivity contribution in [3.8, 4) is 11.3 Å². The molecule has 170 valence electrons. The Morgan fingerprint density at radius 2 is 1.97 bits per heavy atom. The van der Waals surface area contributed by atoms with Crippen molar-refractivity contribution in [2.45, 2.75) is 25.9 Å². The third-order valence-electron chi connectivity index (χ3n) is 5.90. The first-order valence-corrected chi connectivity index (χ1v) is 10.8. The van der Waals surface area contributed by atoms with Gasteiger partial charge >= 0.3 is 0 Å². The predicted octanol–water partition coefficient (Wildman–Crippen LogP) is 2.76. The topological polar surface area (TPSA) is 124 Å². The van der Waals surface area contributed by atoms with E-state index in [0.717, 1.165) is 24.9 Å². The summed E-state index contributed by atoms with van der Waals surface area (Å²) in [4.78, 5) is 20.9. The van der Waals surface area contributed by atoms with E-state index in [1.165, 1.54) is 18.3 Å². The SMILES string of the molecule is CNCc1ccc(C(=N)/C=C(\O)c2cncc(-c3ccc(=O)n(CC4(CO)CC4)c3)n2)cc1. The van der Waals surface area contributed by atoms with E-state index in [1.54, 1.807) is 23.0 Å². The maximum Gasteiger partial charge on any atom is 0.250 e. The number of nitrogens with zero attached hydrogens (tertiary/aromatic N) is 3. The van der Waals surface area contributed by atoms with Gasteiger partial charge in [-0.25, -0.2) is 4.98 Å². The lowest BCUT2D eigenvalue weighted by molar-refractivity contribution is 0.193. The summed E-state index contributed by atoms with van der Waals surface area (Å²) in [6.45, 7) is 1.26. The van der Waals surface area contributed by atoms with Gasteiger partial charge in [-0.15, -0.1) is 0 Å². The van der Waals surface area contributed by atoms with Crippen LogP contribution in [0.4, 0.5) is 0 Å². The van der Waals surface area contributed by atoms with E-state index >= 15 is 0 Å². The Morgan fingerprint density at radius 1 is 1.21 bits per heavy atom. The average molecular weight is 446 g/mol. The summed E-state index contributed by atoms with van der Waals surface area (Å²) in [5, 5.41) is 31.5. The number of nitrogens with one attached hydrogen (secondary N) is 2. The molecule has 2 heterocycles. The predicted molar refractivity (Wildman–Crippen MR) is 127 cm³/mol. The van der Waals surface area contributed by atoms with Crippen LogP contribution in [0.1, 0.15) is 29.7 Å². The van der Waals surface area contributed by atoms with Crippen LogP contribution < -0.4 is 10.9 Å². The number of pyridine rings is 1. The molecule has 8 nitrogen and oxygen atoms in total. The number of hydrogen-bond donors (Lipinski definition) is 4. The molecular formula is C25H27N5O3. The van der Waals surface area contributed by atoms with E-state index in [1.807, 2.05) is 31.3 Å². The Morgan fingerprint density at radius 3 is 2.64 bits per heavy atom. The first-order chi connectivity index (χ1) is 15.9. The highest BCUT2D eigenvalue weighted by Gasteiger charge is 2.42. The number of rotatable bonds is 9. The van der Waals surface area contributed by atoms with Crippen molar-refractivity contribution in [2.24, 2.45) is 5.41 Å². The van der Waals surface area contributed by atoms with Gasteiger partial charge in [0.1, 0.15) is 11.5 Å². The molecule has 0 bridgehead atoms. The van der Waals surface area contributed by atoms with Gasteiger partial charge in [0.25, 0.3) is 5.56 Å². The molecule has 1 aliphatic rings. The van der Waals surface area contributed by atoms with Crippen LogP contribution in [0.3, 0.4) is 0 Å². The lowest BCUT2D eigenvalue weighted by Gasteiger charge is -2.14. The van der Waals surface area contributed by atoms with Crippen molar-refractivity contribution in [2.75, 3.05) is 13.7 Å². The molecule has 0 atom stereocenters. The van der Waals surface area contributed by atoms with Gasteiger partial charge in [0.2, 0.25) is 0 Å². The van der Waals surface area contributed by atoms with Crippen LogP contribution in [-0.4, -0.2) is 44.1 Å². The third kappa shape index (κ3) is 5.24. The maximum absolute atomic E-state index is 12.3. The molecule has 0 aliphatic heterocycles. The molecule has 4 rings (SSSR count). The zero-order valence-electron chi connectivity index (χ0n) is 18.5. The second-order valence-electron chi connectivity index (χ2n) is 8.50. The molecule has 1 aromatic carbocycles. The molecule has 2 aromatic heterocycles. The highest BCUT2D eigenvalue weighted by Crippen LogP contribution is 2.46. The smallest absolute Gasteiger partial charge is 0.250 e. The quantitative estimate of drug-likeness (QED) is 0.297. The third-order valence-corrected chi connectivity index (χ3v) is 5.90. The highest BCUT2D eigenvalue weighted by atomic mass is 16.3. The van der Waals surface area contributed by atoms with E-state index in [-0.39, 0.29) is 34.7 Å². The Bertz CT molecular complexity index is 1240. The molecule has 4 N–H and O–H groups in total. The standard InChI is InChI=1S/C25H27N5O3/c1-27-11-17-2-4-18(5-3-17)20(26)10-23(32)22-13-28-12-21(29-22)19-6-7-24(33)30(14-19)15-25(16-31)8-9-25/h2-7,10,12-14,26-27,31-32H,8-9,11,15-16H2,1H3/b23-10-,26-20?. The van der Waals surface area contributed by atoms with Gasteiger partial charge in [-0.2, -0.15) is 0 Å². The lowest BCUT2D eigenvalue weighted by atomic mass is 10.1. The summed E-state index contributed by atoms with van der Waals surface area (Å²) >= 11 is 0. The van der Waals surface area contributed by atoms with Gasteiger partial charge < -0.3 is 25.5 Å². The Hall–Kier alpha value is -3.62. The molecule has 3 aromatic rings. The maximum atomic E-state index is 12.3. The van der Waals surface area contributed by atoms with E-state index in [2.05, 4.69) is 15.3 Å². The molecule has 0 radical (unpaired) electrons. The fourth-order valence-electron chi connectivity index (χ4n) is 3.64. The Labute approximate surface area is 191 Å². The van der Waals surface area contributed by atoms with Crippen molar-refractivity contribution in [1.29, 1.82) is 5.41 Å². The zero-order valence-corrected chi connectivity index (χ0v) is 18.5. The molecule has 0 saturated heterocycles. The van der Waals surface area contributed by atoms with E-state index in [4.69, 9.17) is 5.41 Å². The van der Waals surface area contributed by atoms with Crippen LogP contribution in [0.15, 0.2) is 65.9 Å². The number of allylic oxidation sites excluding steroid dienone is 1. The number of benzene rings is 1. The first kappa shape index (κ1) is 22.6. The summed E-state index contributed by atoms with van der Waals surface area (Å²) in [6.07, 6.45) is 7.85.